The smallest absolute Gasteiger partial charge is 0.312 e. The molecule has 0 fully saturated rings. The van der Waals surface area contributed by atoms with Crippen LogP contribution in [0.15, 0.2) is 0 Å². The zero-order valence-corrected chi connectivity index (χ0v) is 7.23. The Morgan fingerprint density at radius 3 is 2.45 bits per heavy atom. The van der Waals surface area contributed by atoms with Crippen molar-refractivity contribution in [2.75, 3.05) is 6.54 Å². The van der Waals surface area contributed by atoms with Crippen LogP contribution in [0.4, 0.5) is 4.79 Å². The Morgan fingerprint density at radius 2 is 1.91 bits per heavy atom. The van der Waals surface area contributed by atoms with Crippen LogP contribution in [0.5, 0.6) is 0 Å². The normalized spacial score (nSPS) is 9.55. The monoisotopic (exact) mass is 158 g/mol. The molecule has 3 N–H and O–H groups in total. The average Bonchev–Trinajstić information content (AvgIpc) is 1.96. The highest BCUT2D eigenvalue weighted by Crippen LogP contribution is 2.00. The Kier molecular flexibility index (Phi) is 6.89. The molecule has 0 saturated carbocycles. The molecule has 11 heavy (non-hydrogen) atoms. The number of hydrogen-bond acceptors (Lipinski definition) is 1. The van der Waals surface area contributed by atoms with Crippen molar-refractivity contribution >= 4 is 6.03 Å². The molecule has 0 bridgehead atoms. The van der Waals surface area contributed by atoms with E-state index in [1.165, 1.54) is 25.7 Å². The molecule has 3 nitrogen and oxygen atoms in total. The molecule has 0 spiro atoms. The summed E-state index contributed by atoms with van der Waals surface area (Å²) in [6.45, 7) is 2.90. The minimum Gasteiger partial charge on any atom is -0.352 e. The maximum atomic E-state index is 10.2. The van der Waals surface area contributed by atoms with Crippen molar-refractivity contribution in [2.24, 2.45) is 5.73 Å². The Balaban J connectivity index is 2.85. The van der Waals surface area contributed by atoms with Crippen LogP contribution in [-0.4, -0.2) is 12.6 Å². The summed E-state index contributed by atoms with van der Waals surface area (Å²) in [4.78, 5) is 10.2. The first-order valence-electron chi connectivity index (χ1n) is 4.30. The zero-order valence-electron chi connectivity index (χ0n) is 7.23. The van der Waals surface area contributed by atoms with E-state index in [1.54, 1.807) is 0 Å². The highest BCUT2D eigenvalue weighted by Gasteiger charge is 1.90. The highest BCUT2D eigenvalue weighted by atomic mass is 16.2. The van der Waals surface area contributed by atoms with Crippen molar-refractivity contribution in [3.63, 3.8) is 0 Å². The number of nitrogens with one attached hydrogen (secondary N) is 1. The van der Waals surface area contributed by atoms with Gasteiger partial charge in [0, 0.05) is 6.54 Å². The van der Waals surface area contributed by atoms with Crippen molar-refractivity contribution in [3.05, 3.63) is 0 Å². The topological polar surface area (TPSA) is 55.1 Å². The van der Waals surface area contributed by atoms with Gasteiger partial charge in [0.25, 0.3) is 0 Å². The van der Waals surface area contributed by atoms with Gasteiger partial charge >= 0.3 is 6.03 Å². The number of unbranched alkanes of at least 4 members (excludes halogenated alkanes) is 4. The predicted molar refractivity (Wildman–Crippen MR) is 46.3 cm³/mol. The quantitative estimate of drug-likeness (QED) is 0.567. The number of carbonyl (C=O) groups excluding carboxylic acids is 1. The van der Waals surface area contributed by atoms with Crippen molar-refractivity contribution in [1.29, 1.82) is 0 Å². The molecule has 66 valence electrons. The van der Waals surface area contributed by atoms with Gasteiger partial charge in [-0.05, 0) is 6.42 Å². The molecule has 0 saturated heterocycles. The van der Waals surface area contributed by atoms with E-state index in [1.807, 2.05) is 0 Å². The third-order valence-electron chi connectivity index (χ3n) is 1.58. The van der Waals surface area contributed by atoms with Crippen LogP contribution >= 0.6 is 0 Å². The van der Waals surface area contributed by atoms with Gasteiger partial charge in [-0.1, -0.05) is 32.6 Å². The molecule has 2 amide bonds. The molecule has 0 aromatic heterocycles. The van der Waals surface area contributed by atoms with Gasteiger partial charge in [0.15, 0.2) is 0 Å². The van der Waals surface area contributed by atoms with Crippen molar-refractivity contribution < 1.29 is 4.79 Å². The summed E-state index contributed by atoms with van der Waals surface area (Å²) in [5.74, 6) is 0. The number of primary amides is 1. The van der Waals surface area contributed by atoms with Crippen molar-refractivity contribution in [2.45, 2.75) is 39.0 Å². The summed E-state index contributed by atoms with van der Waals surface area (Å²) in [7, 11) is 0. The molecule has 3 heteroatoms. The lowest BCUT2D eigenvalue weighted by Crippen LogP contribution is -2.29. The van der Waals surface area contributed by atoms with Gasteiger partial charge in [-0.3, -0.25) is 0 Å². The lowest BCUT2D eigenvalue weighted by Gasteiger charge is -2.00. The van der Waals surface area contributed by atoms with Crippen LogP contribution in [0.1, 0.15) is 39.0 Å². The largest absolute Gasteiger partial charge is 0.352 e. The number of rotatable bonds is 6. The second-order valence-electron chi connectivity index (χ2n) is 2.71. The SMILES string of the molecule is CCCCCCCNC(N)=O. The van der Waals surface area contributed by atoms with Gasteiger partial charge in [-0.15, -0.1) is 0 Å². The Bertz CT molecular complexity index is 104. The molecule has 0 aromatic rings. The third kappa shape index (κ3) is 9.27. The van der Waals surface area contributed by atoms with Crippen LogP contribution in [0.3, 0.4) is 0 Å². The molecule has 0 aliphatic heterocycles. The van der Waals surface area contributed by atoms with E-state index in [-0.39, 0.29) is 0 Å². The van der Waals surface area contributed by atoms with E-state index < -0.39 is 6.03 Å². The molecule has 0 aliphatic rings. The van der Waals surface area contributed by atoms with Crippen LogP contribution in [0, 0.1) is 0 Å². The lowest BCUT2D eigenvalue weighted by atomic mass is 10.1. The Morgan fingerprint density at radius 1 is 1.27 bits per heavy atom. The standard InChI is InChI=1S/C8H18N2O/c1-2-3-4-5-6-7-10-8(9)11/h2-7H2,1H3,(H3,9,10,11). The van der Waals surface area contributed by atoms with Crippen LogP contribution in [0.2, 0.25) is 0 Å². The summed E-state index contributed by atoms with van der Waals surface area (Å²) in [6.07, 6.45) is 6.04. The Hall–Kier alpha value is -0.730. The molecule has 0 aromatic carbocycles. The first-order chi connectivity index (χ1) is 5.27. The number of hydrogen-bond donors (Lipinski definition) is 2. The van der Waals surface area contributed by atoms with E-state index in [0.29, 0.717) is 0 Å². The molecule has 0 aliphatic carbocycles. The lowest BCUT2D eigenvalue weighted by molar-refractivity contribution is 0.248. The number of urea groups is 1. The van der Waals surface area contributed by atoms with E-state index >= 15 is 0 Å². The summed E-state index contributed by atoms with van der Waals surface area (Å²) in [5.41, 5.74) is 4.88. The first kappa shape index (κ1) is 10.3. The summed E-state index contributed by atoms with van der Waals surface area (Å²) in [6, 6.07) is -0.416. The fourth-order valence-corrected chi connectivity index (χ4v) is 0.940. The summed E-state index contributed by atoms with van der Waals surface area (Å²) < 4.78 is 0. The molecular weight excluding hydrogens is 140 g/mol. The molecule has 0 unspecified atom stereocenters. The van der Waals surface area contributed by atoms with E-state index in [2.05, 4.69) is 12.2 Å². The van der Waals surface area contributed by atoms with Crippen molar-refractivity contribution in [3.8, 4) is 0 Å². The summed E-state index contributed by atoms with van der Waals surface area (Å²) in [5, 5.41) is 2.56. The van der Waals surface area contributed by atoms with E-state index in [9.17, 15) is 4.79 Å². The van der Waals surface area contributed by atoms with Gasteiger partial charge in [0.1, 0.15) is 0 Å². The molecule has 0 radical (unpaired) electrons. The Labute approximate surface area is 68.3 Å². The van der Waals surface area contributed by atoms with Gasteiger partial charge in [0.2, 0.25) is 0 Å². The third-order valence-corrected chi connectivity index (χ3v) is 1.58. The van der Waals surface area contributed by atoms with Gasteiger partial charge < -0.3 is 11.1 Å². The minimum absolute atomic E-state index is 0.416. The fourth-order valence-electron chi connectivity index (χ4n) is 0.940. The minimum atomic E-state index is -0.416. The van der Waals surface area contributed by atoms with Crippen LogP contribution < -0.4 is 11.1 Å². The van der Waals surface area contributed by atoms with Crippen LogP contribution in [-0.2, 0) is 0 Å². The zero-order chi connectivity index (χ0) is 8.53. The average molecular weight is 158 g/mol. The first-order valence-corrected chi connectivity index (χ1v) is 4.30. The van der Waals surface area contributed by atoms with Gasteiger partial charge in [-0.25, -0.2) is 4.79 Å². The second-order valence-corrected chi connectivity index (χ2v) is 2.71. The maximum absolute atomic E-state index is 10.2. The van der Waals surface area contributed by atoms with Gasteiger partial charge in [0.05, 0.1) is 0 Å². The van der Waals surface area contributed by atoms with Gasteiger partial charge in [-0.2, -0.15) is 0 Å². The number of nitrogens with two attached hydrogens (primary N) is 1. The molecule has 0 atom stereocenters. The summed E-state index contributed by atoms with van der Waals surface area (Å²) >= 11 is 0. The fraction of sp³-hybridized carbons (Fsp3) is 0.875. The number of amides is 2. The highest BCUT2D eigenvalue weighted by molar-refractivity contribution is 5.71. The predicted octanol–water partition coefficient (Wildman–Crippen LogP) is 1.63. The second kappa shape index (κ2) is 7.38. The van der Waals surface area contributed by atoms with Crippen molar-refractivity contribution in [1.82, 2.24) is 5.32 Å². The molecular formula is C8H18N2O. The molecule has 0 heterocycles. The maximum Gasteiger partial charge on any atom is 0.312 e. The number of carbonyl (C=O) groups is 1. The van der Waals surface area contributed by atoms with E-state index in [0.717, 1.165) is 13.0 Å². The van der Waals surface area contributed by atoms with E-state index in [4.69, 9.17) is 5.73 Å². The molecule has 0 rings (SSSR count). The van der Waals surface area contributed by atoms with Crippen LogP contribution in [0.25, 0.3) is 0 Å².